The molecule has 4 aliphatic carbocycles. The van der Waals surface area contributed by atoms with Crippen LogP contribution in [0.3, 0.4) is 0 Å². The Morgan fingerprint density at radius 1 is 0.871 bits per heavy atom. The zero-order chi connectivity index (χ0) is 22.1. The number of rotatable bonds is 4. The van der Waals surface area contributed by atoms with E-state index in [-0.39, 0.29) is 0 Å². The van der Waals surface area contributed by atoms with E-state index in [0.29, 0.717) is 23.4 Å². The number of ether oxygens (including phenoxy) is 1. The Morgan fingerprint density at radius 3 is 2.39 bits per heavy atom. The van der Waals surface area contributed by atoms with E-state index >= 15 is 0 Å². The highest BCUT2D eigenvalue weighted by atomic mass is 16.5. The van der Waals surface area contributed by atoms with Crippen LogP contribution in [-0.4, -0.2) is 34.6 Å². The second-order valence-corrected chi connectivity index (χ2v) is 13.6. The smallest absolute Gasteiger partial charge is 0.0902 e. The molecule has 0 spiro atoms. The van der Waals surface area contributed by atoms with Gasteiger partial charge in [0.1, 0.15) is 0 Å². The van der Waals surface area contributed by atoms with Gasteiger partial charge in [-0.15, -0.1) is 0 Å². The molecule has 1 saturated heterocycles. The summed E-state index contributed by atoms with van der Waals surface area (Å²) in [6.07, 6.45) is 14.5. The van der Waals surface area contributed by atoms with Gasteiger partial charge in [-0.3, -0.25) is 0 Å². The first-order chi connectivity index (χ1) is 14.6. The lowest BCUT2D eigenvalue weighted by molar-refractivity contribution is -0.148. The van der Waals surface area contributed by atoms with Crippen molar-refractivity contribution in [1.82, 2.24) is 0 Å². The largest absolute Gasteiger partial charge is 0.390 e. The summed E-state index contributed by atoms with van der Waals surface area (Å²) in [6.45, 7) is 11.1. The lowest BCUT2D eigenvalue weighted by Gasteiger charge is -2.62. The van der Waals surface area contributed by atoms with Crippen LogP contribution in [0, 0.1) is 46.3 Å². The standard InChI is InChI=1S/C28H48O3/c1-19(9-12-28(30)15-16-31-18-28)22-7-8-23-21-6-5-20-17-25(2,29)13-14-26(20,3)24(21)10-11-27(22,23)4/h19-24,29-30H,5-18H2,1-4H3/t19-,20+,21+,22-,23+,24+,25+,26+,27-,28?/m1/s1. The molecule has 1 heterocycles. The predicted octanol–water partition coefficient (Wildman–Crippen LogP) is 5.96. The van der Waals surface area contributed by atoms with E-state index in [2.05, 4.69) is 27.7 Å². The van der Waals surface area contributed by atoms with E-state index in [1.54, 1.807) is 0 Å². The Kier molecular flexibility index (Phi) is 5.63. The number of fused-ring (bicyclic) bond motifs is 5. The van der Waals surface area contributed by atoms with E-state index in [1.165, 1.54) is 44.9 Å². The normalized spacial score (nSPS) is 55.4. The van der Waals surface area contributed by atoms with Crippen molar-refractivity contribution in [2.75, 3.05) is 13.2 Å². The molecule has 0 bridgehead atoms. The van der Waals surface area contributed by atoms with E-state index in [0.717, 1.165) is 68.3 Å². The molecule has 1 unspecified atom stereocenters. The molecule has 0 aromatic carbocycles. The summed E-state index contributed by atoms with van der Waals surface area (Å²) in [5.41, 5.74) is -0.0246. The minimum atomic E-state index is -0.556. The van der Waals surface area contributed by atoms with Crippen molar-refractivity contribution in [2.45, 2.75) is 116 Å². The fraction of sp³-hybridized carbons (Fsp3) is 1.00. The van der Waals surface area contributed by atoms with Crippen molar-refractivity contribution >= 4 is 0 Å². The van der Waals surface area contributed by atoms with Crippen LogP contribution in [-0.2, 0) is 4.74 Å². The van der Waals surface area contributed by atoms with Crippen molar-refractivity contribution in [3.63, 3.8) is 0 Å². The molecular formula is C28H48O3. The zero-order valence-electron chi connectivity index (χ0n) is 20.7. The molecular weight excluding hydrogens is 384 g/mol. The molecule has 5 fully saturated rings. The Bertz CT molecular complexity index is 667. The van der Waals surface area contributed by atoms with E-state index < -0.39 is 11.2 Å². The molecule has 3 nitrogen and oxygen atoms in total. The molecule has 0 amide bonds. The van der Waals surface area contributed by atoms with Gasteiger partial charge < -0.3 is 14.9 Å². The summed E-state index contributed by atoms with van der Waals surface area (Å²) in [6, 6.07) is 0. The first-order valence-electron chi connectivity index (χ1n) is 13.6. The van der Waals surface area contributed by atoms with E-state index in [9.17, 15) is 10.2 Å². The molecule has 2 N–H and O–H groups in total. The highest BCUT2D eigenvalue weighted by Gasteiger charge is 2.61. The maximum Gasteiger partial charge on any atom is 0.0902 e. The summed E-state index contributed by atoms with van der Waals surface area (Å²) < 4.78 is 5.48. The van der Waals surface area contributed by atoms with Crippen LogP contribution in [0.4, 0.5) is 0 Å². The molecule has 5 rings (SSSR count). The Morgan fingerprint density at radius 2 is 1.65 bits per heavy atom. The summed E-state index contributed by atoms with van der Waals surface area (Å²) >= 11 is 0. The predicted molar refractivity (Wildman–Crippen MR) is 125 cm³/mol. The molecule has 0 aromatic rings. The van der Waals surface area contributed by atoms with Gasteiger partial charge in [-0.25, -0.2) is 0 Å². The van der Waals surface area contributed by atoms with Crippen molar-refractivity contribution < 1.29 is 14.9 Å². The molecule has 31 heavy (non-hydrogen) atoms. The van der Waals surface area contributed by atoms with Crippen LogP contribution < -0.4 is 0 Å². The summed E-state index contributed by atoms with van der Waals surface area (Å²) in [5, 5.41) is 21.5. The molecule has 0 radical (unpaired) electrons. The van der Waals surface area contributed by atoms with Gasteiger partial charge in [0, 0.05) is 13.0 Å². The molecule has 3 heteroatoms. The monoisotopic (exact) mass is 432 g/mol. The Balaban J connectivity index is 1.28. The van der Waals surface area contributed by atoms with Crippen LogP contribution in [0.5, 0.6) is 0 Å². The molecule has 178 valence electrons. The van der Waals surface area contributed by atoms with Crippen molar-refractivity contribution in [3.8, 4) is 0 Å². The van der Waals surface area contributed by atoms with Crippen molar-refractivity contribution in [3.05, 3.63) is 0 Å². The fourth-order valence-electron chi connectivity index (χ4n) is 9.90. The van der Waals surface area contributed by atoms with Gasteiger partial charge in [0.25, 0.3) is 0 Å². The van der Waals surface area contributed by atoms with Crippen LogP contribution in [0.1, 0.15) is 105 Å². The lowest BCUT2D eigenvalue weighted by atomic mass is 9.43. The summed E-state index contributed by atoms with van der Waals surface area (Å²) in [5.74, 6) is 4.94. The molecule has 4 saturated carbocycles. The van der Waals surface area contributed by atoms with E-state index in [1.807, 2.05) is 0 Å². The van der Waals surface area contributed by atoms with Gasteiger partial charge in [0.15, 0.2) is 0 Å². The second-order valence-electron chi connectivity index (χ2n) is 13.6. The maximum absolute atomic E-state index is 10.8. The van der Waals surface area contributed by atoms with Gasteiger partial charge in [-0.05, 0) is 124 Å². The summed E-state index contributed by atoms with van der Waals surface area (Å²) in [4.78, 5) is 0. The lowest BCUT2D eigenvalue weighted by Crippen LogP contribution is -2.55. The first-order valence-corrected chi connectivity index (χ1v) is 13.6. The average molecular weight is 433 g/mol. The van der Waals surface area contributed by atoms with Crippen molar-refractivity contribution in [2.24, 2.45) is 46.3 Å². The Hall–Kier alpha value is -0.120. The molecule has 5 aliphatic rings. The minimum Gasteiger partial charge on any atom is -0.390 e. The van der Waals surface area contributed by atoms with Gasteiger partial charge in [-0.1, -0.05) is 20.8 Å². The number of aliphatic hydroxyl groups is 2. The van der Waals surface area contributed by atoms with Crippen LogP contribution in [0.2, 0.25) is 0 Å². The SMILES string of the molecule is C[C@H](CCC1(O)CCOC1)[C@H]1CC[C@H]2[C@@H]3CC[C@H]4C[C@@](C)(O)CC[C@]4(C)[C@H]3CC[C@]12C. The molecule has 0 aromatic heterocycles. The third-order valence-corrected chi connectivity index (χ3v) is 11.9. The number of hydrogen-bond donors (Lipinski definition) is 2. The van der Waals surface area contributed by atoms with Crippen molar-refractivity contribution in [1.29, 1.82) is 0 Å². The van der Waals surface area contributed by atoms with Crippen LogP contribution in [0.25, 0.3) is 0 Å². The third kappa shape index (κ3) is 3.73. The minimum absolute atomic E-state index is 0.428. The molecule has 1 aliphatic heterocycles. The summed E-state index contributed by atoms with van der Waals surface area (Å²) in [7, 11) is 0. The Labute approximate surface area is 190 Å². The van der Waals surface area contributed by atoms with E-state index in [4.69, 9.17) is 4.74 Å². The topological polar surface area (TPSA) is 49.7 Å². The maximum atomic E-state index is 10.8. The van der Waals surface area contributed by atoms with Crippen LogP contribution in [0.15, 0.2) is 0 Å². The first kappa shape index (κ1) is 22.7. The fourth-order valence-corrected chi connectivity index (χ4v) is 9.90. The van der Waals surface area contributed by atoms with Gasteiger partial charge in [0.05, 0.1) is 17.8 Å². The zero-order valence-corrected chi connectivity index (χ0v) is 20.7. The highest BCUT2D eigenvalue weighted by molar-refractivity contribution is 5.10. The number of hydrogen-bond acceptors (Lipinski definition) is 3. The third-order valence-electron chi connectivity index (χ3n) is 11.9. The van der Waals surface area contributed by atoms with Gasteiger partial charge >= 0.3 is 0 Å². The quantitative estimate of drug-likeness (QED) is 0.576. The van der Waals surface area contributed by atoms with Gasteiger partial charge in [-0.2, -0.15) is 0 Å². The highest BCUT2D eigenvalue weighted by Crippen LogP contribution is 2.68. The second kappa shape index (κ2) is 7.70. The van der Waals surface area contributed by atoms with Crippen LogP contribution >= 0.6 is 0 Å². The van der Waals surface area contributed by atoms with Gasteiger partial charge in [0.2, 0.25) is 0 Å². The molecule has 10 atom stereocenters. The average Bonchev–Trinajstić information content (AvgIpc) is 3.30.